The lowest BCUT2D eigenvalue weighted by atomic mass is 10.0. The third-order valence-corrected chi connectivity index (χ3v) is 14.5. The SMILES string of the molecule is CCCCC/C=C\C/C=C\CCCCCCCC(=O)OCC(COC(=O)CCCCCCCCCCCCCCCCCCCCCCCC)OC(=O)CCCCCCCCCCCCCCCCCC. The van der Waals surface area contributed by atoms with E-state index in [0.29, 0.717) is 19.3 Å². The van der Waals surface area contributed by atoms with Crippen LogP contribution >= 0.6 is 0 Å². The molecule has 71 heavy (non-hydrogen) atoms. The monoisotopic (exact) mass is 999 g/mol. The zero-order chi connectivity index (χ0) is 51.4. The number of ether oxygens (including phenoxy) is 3. The van der Waals surface area contributed by atoms with E-state index in [9.17, 15) is 14.4 Å². The molecule has 6 nitrogen and oxygen atoms in total. The number of hydrogen-bond acceptors (Lipinski definition) is 6. The lowest BCUT2D eigenvalue weighted by Crippen LogP contribution is -2.30. The van der Waals surface area contributed by atoms with Crippen LogP contribution in [-0.4, -0.2) is 37.2 Å². The summed E-state index contributed by atoms with van der Waals surface area (Å²) in [6.45, 7) is 6.67. The highest BCUT2D eigenvalue weighted by molar-refractivity contribution is 5.71. The minimum Gasteiger partial charge on any atom is -0.462 e. The lowest BCUT2D eigenvalue weighted by molar-refractivity contribution is -0.167. The summed E-state index contributed by atoms with van der Waals surface area (Å²) >= 11 is 0. The van der Waals surface area contributed by atoms with Crippen molar-refractivity contribution in [2.75, 3.05) is 13.2 Å². The van der Waals surface area contributed by atoms with Gasteiger partial charge >= 0.3 is 17.9 Å². The van der Waals surface area contributed by atoms with Crippen molar-refractivity contribution in [2.45, 2.75) is 361 Å². The molecule has 0 rings (SSSR count). The van der Waals surface area contributed by atoms with Crippen LogP contribution in [0.3, 0.4) is 0 Å². The number of rotatable bonds is 59. The van der Waals surface area contributed by atoms with Crippen molar-refractivity contribution in [2.24, 2.45) is 0 Å². The predicted octanol–water partition coefficient (Wildman–Crippen LogP) is 21.4. The molecule has 0 aromatic heterocycles. The first-order chi connectivity index (χ1) is 35.0. The molecule has 0 heterocycles. The van der Waals surface area contributed by atoms with E-state index in [2.05, 4.69) is 45.1 Å². The van der Waals surface area contributed by atoms with Gasteiger partial charge in [0.15, 0.2) is 6.10 Å². The highest BCUT2D eigenvalue weighted by Gasteiger charge is 2.19. The standard InChI is InChI=1S/C65H122O6/c1-4-7-10-13-16-19-22-25-28-30-31-32-33-34-35-38-40-43-46-49-52-55-58-64(67)70-61-62(60-69-63(66)57-54-51-48-45-42-39-36-27-24-21-18-15-12-9-6-3)71-65(68)59-56-53-50-47-44-41-37-29-26-23-20-17-14-11-8-5-2/h18,21,27,36,62H,4-17,19-20,22-26,28-35,37-61H2,1-3H3/b21-18-,36-27-. The second-order valence-corrected chi connectivity index (χ2v) is 21.7. The van der Waals surface area contributed by atoms with Gasteiger partial charge in [0.25, 0.3) is 0 Å². The molecule has 1 unspecified atom stereocenters. The summed E-state index contributed by atoms with van der Waals surface area (Å²) < 4.78 is 16.9. The molecule has 0 saturated heterocycles. The van der Waals surface area contributed by atoms with Gasteiger partial charge in [-0.3, -0.25) is 14.4 Å². The molecule has 6 heteroatoms. The molecule has 0 aliphatic carbocycles. The number of esters is 3. The highest BCUT2D eigenvalue weighted by atomic mass is 16.6. The Labute approximate surface area is 443 Å². The predicted molar refractivity (Wildman–Crippen MR) is 307 cm³/mol. The van der Waals surface area contributed by atoms with E-state index >= 15 is 0 Å². The van der Waals surface area contributed by atoms with E-state index < -0.39 is 6.10 Å². The Morgan fingerprint density at radius 2 is 0.507 bits per heavy atom. The Morgan fingerprint density at radius 3 is 0.803 bits per heavy atom. The van der Waals surface area contributed by atoms with Gasteiger partial charge < -0.3 is 14.2 Å². The second kappa shape index (κ2) is 60.4. The first-order valence-corrected chi connectivity index (χ1v) is 31.8. The zero-order valence-corrected chi connectivity index (χ0v) is 48.0. The largest absolute Gasteiger partial charge is 0.462 e. The van der Waals surface area contributed by atoms with E-state index in [1.165, 1.54) is 238 Å². The van der Waals surface area contributed by atoms with Crippen molar-refractivity contribution < 1.29 is 28.6 Å². The van der Waals surface area contributed by atoms with Gasteiger partial charge in [-0.15, -0.1) is 0 Å². The van der Waals surface area contributed by atoms with Gasteiger partial charge in [-0.25, -0.2) is 0 Å². The highest BCUT2D eigenvalue weighted by Crippen LogP contribution is 2.18. The number of carbonyl (C=O) groups is 3. The van der Waals surface area contributed by atoms with Crippen LogP contribution in [0.5, 0.6) is 0 Å². The van der Waals surface area contributed by atoms with Crippen molar-refractivity contribution >= 4 is 17.9 Å². The number of allylic oxidation sites excluding steroid dienone is 4. The van der Waals surface area contributed by atoms with Crippen molar-refractivity contribution in [1.29, 1.82) is 0 Å². The van der Waals surface area contributed by atoms with Gasteiger partial charge in [0.1, 0.15) is 13.2 Å². The maximum Gasteiger partial charge on any atom is 0.306 e. The topological polar surface area (TPSA) is 78.9 Å². The van der Waals surface area contributed by atoms with Gasteiger partial charge in [0.05, 0.1) is 0 Å². The van der Waals surface area contributed by atoms with E-state index in [4.69, 9.17) is 14.2 Å². The summed E-state index contributed by atoms with van der Waals surface area (Å²) in [7, 11) is 0. The number of carbonyl (C=O) groups excluding carboxylic acids is 3. The quantitative estimate of drug-likeness (QED) is 0.0261. The van der Waals surface area contributed by atoms with E-state index in [1.54, 1.807) is 0 Å². The third kappa shape index (κ3) is 58.7. The van der Waals surface area contributed by atoms with Crippen molar-refractivity contribution in [3.8, 4) is 0 Å². The summed E-state index contributed by atoms with van der Waals surface area (Å²) in [5.41, 5.74) is 0. The minimum absolute atomic E-state index is 0.0696. The van der Waals surface area contributed by atoms with Gasteiger partial charge in [-0.2, -0.15) is 0 Å². The van der Waals surface area contributed by atoms with E-state index in [0.717, 1.165) is 77.0 Å². The molecule has 0 aromatic rings. The fourth-order valence-corrected chi connectivity index (χ4v) is 9.65. The molecule has 0 saturated carbocycles. The summed E-state index contributed by atoms with van der Waals surface area (Å²) in [4.78, 5) is 38.3. The van der Waals surface area contributed by atoms with Crippen molar-refractivity contribution in [3.05, 3.63) is 24.3 Å². The Balaban J connectivity index is 4.28. The summed E-state index contributed by atoms with van der Waals surface area (Å²) in [5.74, 6) is -0.857. The maximum absolute atomic E-state index is 12.9. The second-order valence-electron chi connectivity index (χ2n) is 21.7. The normalized spacial score (nSPS) is 12.1. The summed E-state index contributed by atoms with van der Waals surface area (Å²) in [6.07, 6.45) is 71.8. The fourth-order valence-electron chi connectivity index (χ4n) is 9.65. The van der Waals surface area contributed by atoms with Gasteiger partial charge in [-0.05, 0) is 51.4 Å². The Kier molecular flexibility index (Phi) is 58.6. The molecule has 0 aliphatic heterocycles. The molecule has 0 aromatic carbocycles. The Morgan fingerprint density at radius 1 is 0.282 bits per heavy atom. The number of unbranched alkanes of at least 4 members (excludes halogenated alkanes) is 44. The molecule has 0 bridgehead atoms. The average Bonchev–Trinajstić information content (AvgIpc) is 3.37. The van der Waals surface area contributed by atoms with Crippen LogP contribution in [0.4, 0.5) is 0 Å². The van der Waals surface area contributed by atoms with Crippen molar-refractivity contribution in [1.82, 2.24) is 0 Å². The molecule has 0 spiro atoms. The van der Waals surface area contributed by atoms with Crippen molar-refractivity contribution in [3.63, 3.8) is 0 Å². The first-order valence-electron chi connectivity index (χ1n) is 31.8. The molecule has 0 fully saturated rings. The van der Waals surface area contributed by atoms with Crippen LogP contribution in [0.2, 0.25) is 0 Å². The third-order valence-electron chi connectivity index (χ3n) is 14.5. The molecule has 0 N–H and O–H groups in total. The van der Waals surface area contributed by atoms with E-state index in [1.807, 2.05) is 0 Å². The van der Waals surface area contributed by atoms with E-state index in [-0.39, 0.29) is 31.1 Å². The van der Waals surface area contributed by atoms with Crippen LogP contribution in [-0.2, 0) is 28.6 Å². The maximum atomic E-state index is 12.9. The zero-order valence-electron chi connectivity index (χ0n) is 48.0. The average molecular weight is 1000 g/mol. The van der Waals surface area contributed by atoms with Crippen LogP contribution in [0.15, 0.2) is 24.3 Å². The molecule has 0 amide bonds. The molecular weight excluding hydrogens is 877 g/mol. The number of hydrogen-bond donors (Lipinski definition) is 0. The van der Waals surface area contributed by atoms with Crippen LogP contribution in [0.1, 0.15) is 355 Å². The van der Waals surface area contributed by atoms with Crippen LogP contribution in [0.25, 0.3) is 0 Å². The Hall–Kier alpha value is -2.11. The minimum atomic E-state index is -0.773. The molecule has 1 atom stereocenters. The first kappa shape index (κ1) is 68.9. The van der Waals surface area contributed by atoms with Crippen LogP contribution in [0, 0.1) is 0 Å². The summed E-state index contributed by atoms with van der Waals surface area (Å²) in [5, 5.41) is 0. The molecular formula is C65H122O6. The molecule has 0 aliphatic rings. The summed E-state index contributed by atoms with van der Waals surface area (Å²) in [6, 6.07) is 0. The van der Waals surface area contributed by atoms with Gasteiger partial charge in [0, 0.05) is 19.3 Å². The molecule has 418 valence electrons. The molecule has 0 radical (unpaired) electrons. The fraction of sp³-hybridized carbons (Fsp3) is 0.892. The van der Waals surface area contributed by atoms with Crippen LogP contribution < -0.4 is 0 Å². The smallest absolute Gasteiger partial charge is 0.306 e. The lowest BCUT2D eigenvalue weighted by Gasteiger charge is -2.18. The van der Waals surface area contributed by atoms with Gasteiger partial charge in [0.2, 0.25) is 0 Å². The van der Waals surface area contributed by atoms with Gasteiger partial charge in [-0.1, -0.05) is 308 Å². The Bertz CT molecular complexity index is 1150.